The quantitative estimate of drug-likeness (QED) is 0.0571. The van der Waals surface area contributed by atoms with E-state index in [1.54, 1.807) is 36.4 Å². The van der Waals surface area contributed by atoms with Gasteiger partial charge in [-0.3, -0.25) is 14.4 Å². The zero-order chi connectivity index (χ0) is 44.2. The molecule has 1 aromatic heterocycles. The molecular formula is C48H54ClNO11S. The number of ether oxygens (including phenoxy) is 5. The number of rotatable bonds is 22. The zero-order valence-corrected chi connectivity index (χ0v) is 36.8. The number of fused-ring (bicyclic) bond motifs is 1. The standard InChI is InChI=1S/C48H54ClNO11S/c1-48(2,3)41(47(56)50-29-36(53)27-42(50)43(55)19-6-31-4-9-33(49)10-5-31)26-37(54)30-59-23-22-57-20-21-58-24-25-60-38-14-16-39(17-15-38)61-45-40-18-13-35(52)28-44(40)62-46(45)32-7-11-34(51)12-8-32/h4-5,7-18,28,36,41-42,51-53H,6,19-27,29-30H2,1-3H3/t36-,41-,42+/m1/s1. The van der Waals surface area contributed by atoms with Gasteiger partial charge < -0.3 is 43.9 Å². The number of phenolic OH excluding ortho intramolecular Hbond substituents is 2. The minimum atomic E-state index is -0.806. The third-order valence-corrected chi connectivity index (χ3v) is 12.0. The Kier molecular flexibility index (Phi) is 16.4. The molecule has 0 saturated carbocycles. The van der Waals surface area contributed by atoms with Crippen molar-refractivity contribution in [1.82, 2.24) is 4.90 Å². The predicted molar refractivity (Wildman–Crippen MR) is 239 cm³/mol. The highest BCUT2D eigenvalue weighted by Gasteiger charge is 2.44. The lowest BCUT2D eigenvalue weighted by Gasteiger charge is -2.34. The number of thiophene rings is 1. The number of benzene rings is 4. The molecule has 5 aromatic rings. The molecule has 14 heteroatoms. The van der Waals surface area contributed by atoms with Crippen molar-refractivity contribution in [2.24, 2.45) is 11.3 Å². The van der Waals surface area contributed by atoms with Crippen molar-refractivity contribution >= 4 is 50.5 Å². The monoisotopic (exact) mass is 887 g/mol. The summed E-state index contributed by atoms with van der Waals surface area (Å²) in [6.07, 6.45) is 0.0528. The van der Waals surface area contributed by atoms with Crippen molar-refractivity contribution in [2.45, 2.75) is 58.6 Å². The fraction of sp³-hybridized carbons (Fsp3) is 0.396. The van der Waals surface area contributed by atoms with Crippen molar-refractivity contribution in [2.75, 3.05) is 52.8 Å². The van der Waals surface area contributed by atoms with Crippen LogP contribution in [0.5, 0.6) is 28.7 Å². The largest absolute Gasteiger partial charge is 0.508 e. The maximum atomic E-state index is 13.9. The van der Waals surface area contributed by atoms with Gasteiger partial charge in [0.25, 0.3) is 0 Å². The molecular weight excluding hydrogens is 834 g/mol. The van der Waals surface area contributed by atoms with E-state index in [4.69, 9.17) is 35.3 Å². The number of ketones is 2. The first-order chi connectivity index (χ1) is 29.7. The molecule has 2 heterocycles. The number of amides is 1. The molecule has 12 nitrogen and oxygen atoms in total. The van der Waals surface area contributed by atoms with Gasteiger partial charge in [-0.25, -0.2) is 0 Å². The van der Waals surface area contributed by atoms with Crippen LogP contribution in [-0.4, -0.2) is 103 Å². The summed E-state index contributed by atoms with van der Waals surface area (Å²) >= 11 is 7.47. The van der Waals surface area contributed by atoms with E-state index in [0.29, 0.717) is 55.1 Å². The summed E-state index contributed by atoms with van der Waals surface area (Å²) in [6, 6.07) is 25.9. The highest BCUT2D eigenvalue weighted by atomic mass is 35.5. The SMILES string of the molecule is CC(C)(C)[C@H](CC(=O)COCCOCCOCCOc1ccc(Oc2c(-c3ccc(O)cc3)sc3cc(O)ccc23)cc1)C(=O)N1C[C@H](O)C[C@H]1C(=O)CCc1ccc(Cl)cc1. The third kappa shape index (κ3) is 13.0. The number of aryl methyl sites for hydroxylation is 1. The van der Waals surface area contributed by atoms with E-state index in [1.807, 2.05) is 75.4 Å². The van der Waals surface area contributed by atoms with E-state index in [9.17, 15) is 29.7 Å². The average Bonchev–Trinajstić information content (AvgIpc) is 3.81. The molecule has 0 aliphatic carbocycles. The highest BCUT2D eigenvalue weighted by molar-refractivity contribution is 7.22. The summed E-state index contributed by atoms with van der Waals surface area (Å²) in [5, 5.41) is 31.8. The number of carbonyl (C=O) groups is 3. The normalized spacial score (nSPS) is 15.8. The summed E-state index contributed by atoms with van der Waals surface area (Å²) in [4.78, 5) is 42.5. The van der Waals surface area contributed by atoms with Gasteiger partial charge in [0, 0.05) is 46.8 Å². The molecule has 3 atom stereocenters. The van der Waals surface area contributed by atoms with Gasteiger partial charge in [-0.1, -0.05) is 44.5 Å². The number of aromatic hydroxyl groups is 2. The predicted octanol–water partition coefficient (Wildman–Crippen LogP) is 8.64. The van der Waals surface area contributed by atoms with Crippen LogP contribution in [0.2, 0.25) is 5.02 Å². The van der Waals surface area contributed by atoms with Crippen molar-refractivity contribution in [1.29, 1.82) is 0 Å². The molecule has 1 amide bonds. The Labute approximate surface area is 370 Å². The summed E-state index contributed by atoms with van der Waals surface area (Å²) < 4.78 is 29.9. The summed E-state index contributed by atoms with van der Waals surface area (Å²) in [5.74, 6) is 0.917. The van der Waals surface area contributed by atoms with Gasteiger partial charge in [-0.15, -0.1) is 11.3 Å². The minimum absolute atomic E-state index is 0.0441. The van der Waals surface area contributed by atoms with Crippen molar-refractivity contribution < 1.29 is 53.4 Å². The molecule has 4 aromatic carbocycles. The number of phenols is 2. The first kappa shape index (κ1) is 46.5. The molecule has 0 unspecified atom stereocenters. The second kappa shape index (κ2) is 21.9. The van der Waals surface area contributed by atoms with E-state index >= 15 is 0 Å². The second-order valence-corrected chi connectivity index (χ2v) is 17.8. The first-order valence-electron chi connectivity index (χ1n) is 20.7. The van der Waals surface area contributed by atoms with E-state index in [2.05, 4.69) is 0 Å². The lowest BCUT2D eigenvalue weighted by molar-refractivity contribution is -0.146. The average molecular weight is 888 g/mol. The zero-order valence-electron chi connectivity index (χ0n) is 35.2. The number of likely N-dealkylation sites (tertiary alicyclic amines) is 1. The number of carbonyl (C=O) groups excluding carboxylic acids is 3. The molecule has 0 spiro atoms. The van der Waals surface area contributed by atoms with Crippen LogP contribution in [0.15, 0.2) is 91.0 Å². The van der Waals surface area contributed by atoms with Crippen LogP contribution < -0.4 is 9.47 Å². The van der Waals surface area contributed by atoms with Crippen molar-refractivity contribution in [3.63, 3.8) is 0 Å². The molecule has 6 rings (SSSR count). The molecule has 3 N–H and O–H groups in total. The number of hydrogen-bond acceptors (Lipinski definition) is 12. The van der Waals surface area contributed by atoms with Crippen LogP contribution in [0.4, 0.5) is 0 Å². The Bertz CT molecular complexity index is 2250. The molecule has 62 heavy (non-hydrogen) atoms. The topological polar surface area (TPSA) is 161 Å². The van der Waals surface area contributed by atoms with Gasteiger partial charge in [0.15, 0.2) is 17.3 Å². The fourth-order valence-electron chi connectivity index (χ4n) is 7.23. The van der Waals surface area contributed by atoms with Crippen LogP contribution in [0.25, 0.3) is 20.5 Å². The van der Waals surface area contributed by atoms with E-state index < -0.39 is 23.5 Å². The van der Waals surface area contributed by atoms with Crippen LogP contribution in [0.3, 0.4) is 0 Å². The minimum Gasteiger partial charge on any atom is -0.508 e. The molecule has 0 bridgehead atoms. The summed E-state index contributed by atoms with van der Waals surface area (Å²) in [7, 11) is 0. The van der Waals surface area contributed by atoms with Gasteiger partial charge in [0.05, 0.1) is 50.1 Å². The molecule has 1 saturated heterocycles. The Morgan fingerprint density at radius 3 is 2.11 bits per heavy atom. The number of nitrogens with zero attached hydrogens (tertiary/aromatic N) is 1. The summed E-state index contributed by atoms with van der Waals surface area (Å²) in [6.45, 7) is 7.35. The molecule has 1 fully saturated rings. The van der Waals surface area contributed by atoms with Crippen LogP contribution in [-0.2, 0) is 35.0 Å². The maximum absolute atomic E-state index is 13.9. The van der Waals surface area contributed by atoms with E-state index in [-0.39, 0.29) is 74.6 Å². The fourth-order valence-corrected chi connectivity index (χ4v) is 8.52. The van der Waals surface area contributed by atoms with Crippen LogP contribution >= 0.6 is 22.9 Å². The number of hydrogen-bond donors (Lipinski definition) is 3. The smallest absolute Gasteiger partial charge is 0.227 e. The van der Waals surface area contributed by atoms with Gasteiger partial charge >= 0.3 is 0 Å². The van der Waals surface area contributed by atoms with Gasteiger partial charge in [-0.2, -0.15) is 0 Å². The number of halogens is 1. The third-order valence-electron chi connectivity index (χ3n) is 10.6. The lowest BCUT2D eigenvalue weighted by Crippen LogP contribution is -2.47. The summed E-state index contributed by atoms with van der Waals surface area (Å²) in [5.41, 5.74) is 1.27. The highest BCUT2D eigenvalue weighted by Crippen LogP contribution is 2.47. The van der Waals surface area contributed by atoms with Crippen molar-refractivity contribution in [3.05, 3.63) is 102 Å². The van der Waals surface area contributed by atoms with E-state index in [1.165, 1.54) is 16.2 Å². The molecule has 1 aliphatic rings. The Balaban J connectivity index is 0.854. The Morgan fingerprint density at radius 1 is 0.806 bits per heavy atom. The lowest BCUT2D eigenvalue weighted by atomic mass is 9.76. The number of aliphatic hydroxyl groups excluding tert-OH is 1. The van der Waals surface area contributed by atoms with Gasteiger partial charge in [0.1, 0.15) is 36.2 Å². The van der Waals surface area contributed by atoms with Crippen LogP contribution in [0.1, 0.15) is 45.6 Å². The van der Waals surface area contributed by atoms with Gasteiger partial charge in [0.2, 0.25) is 5.91 Å². The number of Topliss-reactive ketones (excluding diaryl/α,β-unsaturated/α-hetero) is 2. The molecule has 1 aliphatic heterocycles. The van der Waals surface area contributed by atoms with Crippen LogP contribution in [0, 0.1) is 11.3 Å². The molecule has 0 radical (unpaired) electrons. The number of aliphatic hydroxyl groups is 1. The Hall–Kier alpha value is -5.02. The van der Waals surface area contributed by atoms with E-state index in [0.717, 1.165) is 26.1 Å². The first-order valence-corrected chi connectivity index (χ1v) is 21.9. The Morgan fingerprint density at radius 2 is 1.44 bits per heavy atom. The second-order valence-electron chi connectivity index (χ2n) is 16.3. The maximum Gasteiger partial charge on any atom is 0.227 e. The number of β-amino-alcohol motifs (C(OH)–C–C–N with tert-alkyl or cyclic N) is 1. The van der Waals surface area contributed by atoms with Crippen molar-refractivity contribution in [3.8, 4) is 39.2 Å². The molecule has 330 valence electrons. The van der Waals surface area contributed by atoms with Gasteiger partial charge in [-0.05, 0) is 102 Å².